The van der Waals surface area contributed by atoms with Crippen molar-refractivity contribution in [3.63, 3.8) is 0 Å². The third kappa shape index (κ3) is 4.48. The molecule has 19 heavy (non-hydrogen) atoms. The summed E-state index contributed by atoms with van der Waals surface area (Å²) in [5.41, 5.74) is 0.956. The van der Waals surface area contributed by atoms with E-state index < -0.39 is 0 Å². The quantitative estimate of drug-likeness (QED) is 0.800. The van der Waals surface area contributed by atoms with E-state index in [0.717, 1.165) is 18.7 Å². The van der Waals surface area contributed by atoms with E-state index >= 15 is 0 Å². The second kappa shape index (κ2) is 7.46. The van der Waals surface area contributed by atoms with Gasteiger partial charge in [0.25, 0.3) is 0 Å². The van der Waals surface area contributed by atoms with Crippen LogP contribution in [0.4, 0.5) is 4.39 Å². The van der Waals surface area contributed by atoms with Gasteiger partial charge < -0.3 is 15.0 Å². The first kappa shape index (κ1) is 14.3. The summed E-state index contributed by atoms with van der Waals surface area (Å²) in [6.45, 7) is 5.18. The number of likely N-dealkylation sites (tertiary alicyclic amines) is 1. The first-order chi connectivity index (χ1) is 9.29. The number of ether oxygens (including phenoxy) is 1. The number of nitrogens with one attached hydrogen (secondary N) is 1. The standard InChI is InChI=1S/C15H23FN2O/c1-19-15-6-5-13(11-14(15)16)12-17-7-10-18-8-3-2-4-9-18/h5-6,11,17H,2-4,7-10,12H2,1H3. The second-order valence-corrected chi connectivity index (χ2v) is 5.05. The molecule has 0 bridgehead atoms. The molecule has 0 aromatic heterocycles. The predicted octanol–water partition coefficient (Wildman–Crippen LogP) is 2.41. The van der Waals surface area contributed by atoms with Gasteiger partial charge in [-0.25, -0.2) is 4.39 Å². The largest absolute Gasteiger partial charge is 0.494 e. The highest BCUT2D eigenvalue weighted by Crippen LogP contribution is 2.17. The summed E-state index contributed by atoms with van der Waals surface area (Å²) < 4.78 is 18.4. The summed E-state index contributed by atoms with van der Waals surface area (Å²) in [6.07, 6.45) is 4.02. The van der Waals surface area contributed by atoms with E-state index in [1.807, 2.05) is 6.07 Å². The van der Waals surface area contributed by atoms with E-state index in [4.69, 9.17) is 4.74 Å². The summed E-state index contributed by atoms with van der Waals surface area (Å²) in [4.78, 5) is 2.49. The monoisotopic (exact) mass is 266 g/mol. The minimum Gasteiger partial charge on any atom is -0.494 e. The van der Waals surface area contributed by atoms with E-state index in [-0.39, 0.29) is 5.82 Å². The van der Waals surface area contributed by atoms with Crippen LogP contribution in [0.2, 0.25) is 0 Å². The van der Waals surface area contributed by atoms with Crippen molar-refractivity contribution in [3.8, 4) is 5.75 Å². The van der Waals surface area contributed by atoms with Crippen molar-refractivity contribution in [1.29, 1.82) is 0 Å². The van der Waals surface area contributed by atoms with Crippen LogP contribution in [0.1, 0.15) is 24.8 Å². The van der Waals surface area contributed by atoms with E-state index in [0.29, 0.717) is 12.3 Å². The maximum absolute atomic E-state index is 13.5. The average molecular weight is 266 g/mol. The molecule has 1 heterocycles. The van der Waals surface area contributed by atoms with Gasteiger partial charge >= 0.3 is 0 Å². The molecule has 4 heteroatoms. The Morgan fingerprint density at radius 3 is 2.74 bits per heavy atom. The zero-order valence-corrected chi connectivity index (χ0v) is 11.6. The summed E-state index contributed by atoms with van der Waals surface area (Å²) in [5.74, 6) is 0.00916. The fourth-order valence-electron chi connectivity index (χ4n) is 2.47. The van der Waals surface area contributed by atoms with Crippen LogP contribution in [0.25, 0.3) is 0 Å². The zero-order chi connectivity index (χ0) is 13.5. The Balaban J connectivity index is 1.69. The van der Waals surface area contributed by atoms with Crippen LogP contribution in [0.5, 0.6) is 5.75 Å². The number of methoxy groups -OCH3 is 1. The highest BCUT2D eigenvalue weighted by molar-refractivity contribution is 5.29. The molecular formula is C15H23FN2O. The lowest BCUT2D eigenvalue weighted by molar-refractivity contribution is 0.229. The molecule has 2 rings (SSSR count). The van der Waals surface area contributed by atoms with E-state index in [2.05, 4.69) is 10.2 Å². The van der Waals surface area contributed by atoms with Crippen LogP contribution < -0.4 is 10.1 Å². The molecule has 1 aliphatic rings. The topological polar surface area (TPSA) is 24.5 Å². The van der Waals surface area contributed by atoms with Gasteiger partial charge in [-0.3, -0.25) is 0 Å². The van der Waals surface area contributed by atoms with E-state index in [1.165, 1.54) is 45.5 Å². The fourth-order valence-corrected chi connectivity index (χ4v) is 2.47. The lowest BCUT2D eigenvalue weighted by Gasteiger charge is -2.26. The zero-order valence-electron chi connectivity index (χ0n) is 11.6. The number of benzene rings is 1. The normalized spacial score (nSPS) is 16.5. The van der Waals surface area contributed by atoms with Gasteiger partial charge in [0.15, 0.2) is 11.6 Å². The number of hydrogen-bond acceptors (Lipinski definition) is 3. The SMILES string of the molecule is COc1ccc(CNCCN2CCCCC2)cc1F. The molecule has 0 atom stereocenters. The number of halogens is 1. The van der Waals surface area contributed by atoms with Gasteiger partial charge in [-0.15, -0.1) is 0 Å². The lowest BCUT2D eigenvalue weighted by atomic mass is 10.1. The molecule has 3 nitrogen and oxygen atoms in total. The molecule has 0 unspecified atom stereocenters. The van der Waals surface area contributed by atoms with E-state index in [9.17, 15) is 4.39 Å². The molecule has 1 aromatic carbocycles. The predicted molar refractivity (Wildman–Crippen MR) is 74.9 cm³/mol. The highest BCUT2D eigenvalue weighted by Gasteiger charge is 2.09. The van der Waals surface area contributed by atoms with Gasteiger partial charge in [0.2, 0.25) is 0 Å². The first-order valence-electron chi connectivity index (χ1n) is 7.05. The maximum Gasteiger partial charge on any atom is 0.165 e. The lowest BCUT2D eigenvalue weighted by Crippen LogP contribution is -2.35. The number of nitrogens with zero attached hydrogens (tertiary/aromatic N) is 1. The van der Waals surface area contributed by atoms with Gasteiger partial charge in [0.05, 0.1) is 7.11 Å². The van der Waals surface area contributed by atoms with Crippen molar-refractivity contribution in [2.75, 3.05) is 33.3 Å². The molecule has 1 aromatic rings. The molecular weight excluding hydrogens is 243 g/mol. The minimum atomic E-state index is -0.294. The second-order valence-electron chi connectivity index (χ2n) is 5.05. The molecule has 0 radical (unpaired) electrons. The molecule has 0 spiro atoms. The van der Waals surface area contributed by atoms with Gasteiger partial charge in [0.1, 0.15) is 0 Å². The van der Waals surface area contributed by atoms with Crippen molar-refractivity contribution in [2.45, 2.75) is 25.8 Å². The molecule has 1 N–H and O–H groups in total. The number of piperidine rings is 1. The summed E-state index contributed by atoms with van der Waals surface area (Å²) in [6, 6.07) is 5.11. The first-order valence-corrected chi connectivity index (χ1v) is 7.05. The van der Waals surface area contributed by atoms with Gasteiger partial charge in [-0.1, -0.05) is 12.5 Å². The van der Waals surface area contributed by atoms with Crippen molar-refractivity contribution >= 4 is 0 Å². The van der Waals surface area contributed by atoms with Gasteiger partial charge in [-0.05, 0) is 43.6 Å². The Kier molecular flexibility index (Phi) is 5.61. The Hall–Kier alpha value is -1.13. The number of rotatable bonds is 6. The number of hydrogen-bond donors (Lipinski definition) is 1. The minimum absolute atomic E-state index is 0.294. The van der Waals surface area contributed by atoms with Gasteiger partial charge in [-0.2, -0.15) is 0 Å². The van der Waals surface area contributed by atoms with E-state index in [1.54, 1.807) is 6.07 Å². The summed E-state index contributed by atoms with van der Waals surface area (Å²) in [5, 5.41) is 3.36. The summed E-state index contributed by atoms with van der Waals surface area (Å²) >= 11 is 0. The average Bonchev–Trinajstić information content (AvgIpc) is 2.45. The highest BCUT2D eigenvalue weighted by atomic mass is 19.1. The summed E-state index contributed by atoms with van der Waals surface area (Å²) in [7, 11) is 1.48. The molecule has 0 amide bonds. The van der Waals surface area contributed by atoms with Crippen LogP contribution >= 0.6 is 0 Å². The van der Waals surface area contributed by atoms with Crippen molar-refractivity contribution in [2.24, 2.45) is 0 Å². The third-order valence-electron chi connectivity index (χ3n) is 3.60. The Morgan fingerprint density at radius 2 is 2.05 bits per heavy atom. The molecule has 1 fully saturated rings. The third-order valence-corrected chi connectivity index (χ3v) is 3.60. The smallest absolute Gasteiger partial charge is 0.165 e. The van der Waals surface area contributed by atoms with Crippen LogP contribution in [-0.2, 0) is 6.54 Å². The molecule has 106 valence electrons. The fraction of sp³-hybridized carbons (Fsp3) is 0.600. The molecule has 1 aliphatic heterocycles. The Morgan fingerprint density at radius 1 is 1.26 bits per heavy atom. The van der Waals surface area contributed by atoms with Crippen LogP contribution in [-0.4, -0.2) is 38.2 Å². The van der Waals surface area contributed by atoms with Gasteiger partial charge in [0, 0.05) is 19.6 Å². The van der Waals surface area contributed by atoms with Crippen LogP contribution in [0.15, 0.2) is 18.2 Å². The molecule has 0 saturated carbocycles. The van der Waals surface area contributed by atoms with Crippen LogP contribution in [0, 0.1) is 5.82 Å². The maximum atomic E-state index is 13.5. The molecule has 1 saturated heterocycles. The molecule has 0 aliphatic carbocycles. The Bertz CT molecular complexity index is 392. The van der Waals surface area contributed by atoms with Crippen molar-refractivity contribution in [3.05, 3.63) is 29.6 Å². The van der Waals surface area contributed by atoms with Crippen LogP contribution in [0.3, 0.4) is 0 Å². The van der Waals surface area contributed by atoms with Crippen molar-refractivity contribution < 1.29 is 9.13 Å². The van der Waals surface area contributed by atoms with Crippen molar-refractivity contribution in [1.82, 2.24) is 10.2 Å². The Labute approximate surface area is 114 Å².